The van der Waals surface area contributed by atoms with Crippen molar-refractivity contribution in [1.82, 2.24) is 20.4 Å². The number of nitrogens with zero attached hydrogens (tertiary/aromatic N) is 2. The largest absolute Gasteiger partial charge is 0.508 e. The molecule has 2 aliphatic heterocycles. The molecule has 35 heavy (non-hydrogen) atoms. The standard InChI is InChI=1S/C26H41N5O4/c1-30(2)16-8-5-9-21-26(35)31-22(25(34)29-21)17-20(23(31)18-10-12-19(32)13-11-18)24(33)28-15-7-4-3-6-14-27/h10-13,20-23,32H,3-9,14-17,27H2,1-2H3,(H,28,33)(H,29,34)/t20-,21-,22-,23-/m0/s1. The Bertz CT molecular complexity index is 860. The molecule has 2 heterocycles. The summed E-state index contributed by atoms with van der Waals surface area (Å²) in [4.78, 5) is 43.6. The number of nitrogens with two attached hydrogens (primary N) is 1. The third kappa shape index (κ3) is 6.95. The molecule has 2 fully saturated rings. The second-order valence-corrected chi connectivity index (χ2v) is 9.99. The van der Waals surface area contributed by atoms with Gasteiger partial charge in [-0.25, -0.2) is 0 Å². The number of unbranched alkanes of at least 4 members (excludes halogenated alkanes) is 4. The number of benzene rings is 1. The Morgan fingerprint density at radius 1 is 1.11 bits per heavy atom. The number of phenolic OH excluding ortho intramolecular Hbond substituents is 1. The van der Waals surface area contributed by atoms with Crippen molar-refractivity contribution in [1.29, 1.82) is 0 Å². The first-order valence-corrected chi connectivity index (χ1v) is 12.9. The molecular weight excluding hydrogens is 446 g/mol. The fourth-order valence-electron chi connectivity index (χ4n) is 5.16. The highest BCUT2D eigenvalue weighted by molar-refractivity contribution is 5.99. The summed E-state index contributed by atoms with van der Waals surface area (Å²) in [5.74, 6) is -0.879. The Morgan fingerprint density at radius 2 is 1.83 bits per heavy atom. The third-order valence-electron chi connectivity index (χ3n) is 7.02. The Kier molecular flexibility index (Phi) is 9.92. The summed E-state index contributed by atoms with van der Waals surface area (Å²) in [6, 6.07) is 4.80. The van der Waals surface area contributed by atoms with Crippen LogP contribution in [-0.4, -0.2) is 78.4 Å². The maximum atomic E-state index is 13.6. The topological polar surface area (TPSA) is 128 Å². The summed E-state index contributed by atoms with van der Waals surface area (Å²) in [5.41, 5.74) is 6.29. The predicted octanol–water partition coefficient (Wildman–Crippen LogP) is 1.52. The van der Waals surface area contributed by atoms with E-state index in [1.54, 1.807) is 29.2 Å². The van der Waals surface area contributed by atoms with E-state index in [0.29, 0.717) is 19.5 Å². The van der Waals surface area contributed by atoms with Gasteiger partial charge in [0.15, 0.2) is 0 Å². The van der Waals surface area contributed by atoms with Crippen molar-refractivity contribution in [2.24, 2.45) is 11.7 Å². The zero-order valence-electron chi connectivity index (χ0n) is 21.0. The zero-order chi connectivity index (χ0) is 25.4. The lowest BCUT2D eigenvalue weighted by Crippen LogP contribution is -2.61. The van der Waals surface area contributed by atoms with Gasteiger partial charge in [-0.05, 0) is 83.4 Å². The Morgan fingerprint density at radius 3 is 2.51 bits per heavy atom. The monoisotopic (exact) mass is 487 g/mol. The lowest BCUT2D eigenvalue weighted by Gasteiger charge is -2.38. The van der Waals surface area contributed by atoms with Gasteiger partial charge >= 0.3 is 0 Å². The van der Waals surface area contributed by atoms with Crippen LogP contribution in [0.3, 0.4) is 0 Å². The minimum absolute atomic E-state index is 0.114. The van der Waals surface area contributed by atoms with E-state index in [1.807, 2.05) is 14.1 Å². The molecule has 1 aromatic carbocycles. The van der Waals surface area contributed by atoms with E-state index in [1.165, 1.54) is 0 Å². The van der Waals surface area contributed by atoms with Crippen molar-refractivity contribution in [3.8, 4) is 5.75 Å². The highest BCUT2D eigenvalue weighted by Crippen LogP contribution is 2.43. The van der Waals surface area contributed by atoms with Crippen LogP contribution in [-0.2, 0) is 14.4 Å². The summed E-state index contributed by atoms with van der Waals surface area (Å²) >= 11 is 0. The molecule has 4 atom stereocenters. The molecule has 2 aliphatic rings. The molecule has 0 spiro atoms. The van der Waals surface area contributed by atoms with Gasteiger partial charge in [-0.1, -0.05) is 25.0 Å². The van der Waals surface area contributed by atoms with Crippen molar-refractivity contribution in [3.05, 3.63) is 29.8 Å². The normalized spacial score (nSPS) is 23.9. The molecule has 0 bridgehead atoms. The van der Waals surface area contributed by atoms with Gasteiger partial charge in [0.1, 0.15) is 17.8 Å². The number of hydrogen-bond acceptors (Lipinski definition) is 6. The number of phenols is 1. The average molecular weight is 488 g/mol. The maximum Gasteiger partial charge on any atom is 0.246 e. The number of aromatic hydroxyl groups is 1. The zero-order valence-corrected chi connectivity index (χ0v) is 21.0. The number of rotatable bonds is 13. The van der Waals surface area contributed by atoms with Crippen LogP contribution in [0.25, 0.3) is 0 Å². The Hall–Kier alpha value is -2.65. The number of carbonyl (C=O) groups excluding carboxylic acids is 3. The van der Waals surface area contributed by atoms with Crippen LogP contribution in [0.2, 0.25) is 0 Å². The minimum atomic E-state index is -0.667. The van der Waals surface area contributed by atoms with E-state index < -0.39 is 24.0 Å². The molecule has 2 saturated heterocycles. The van der Waals surface area contributed by atoms with Crippen molar-refractivity contribution in [3.63, 3.8) is 0 Å². The molecule has 0 saturated carbocycles. The molecule has 1 aromatic rings. The minimum Gasteiger partial charge on any atom is -0.508 e. The van der Waals surface area contributed by atoms with E-state index >= 15 is 0 Å². The second-order valence-electron chi connectivity index (χ2n) is 9.99. The van der Waals surface area contributed by atoms with Crippen molar-refractivity contribution >= 4 is 17.7 Å². The quantitative estimate of drug-likeness (QED) is 0.312. The molecular formula is C26H41N5O4. The van der Waals surface area contributed by atoms with Gasteiger partial charge in [0.05, 0.1) is 12.0 Å². The van der Waals surface area contributed by atoms with E-state index in [2.05, 4.69) is 15.5 Å². The first-order valence-electron chi connectivity index (χ1n) is 12.9. The van der Waals surface area contributed by atoms with Gasteiger partial charge < -0.3 is 31.3 Å². The van der Waals surface area contributed by atoms with E-state index in [9.17, 15) is 19.5 Å². The first kappa shape index (κ1) is 26.9. The van der Waals surface area contributed by atoms with Crippen molar-refractivity contribution < 1.29 is 19.5 Å². The summed E-state index contributed by atoms with van der Waals surface area (Å²) < 4.78 is 0. The summed E-state index contributed by atoms with van der Waals surface area (Å²) in [6.45, 7) is 2.15. The van der Waals surface area contributed by atoms with E-state index in [-0.39, 0.29) is 29.9 Å². The Labute approximate surface area is 208 Å². The molecule has 3 amide bonds. The number of hydrogen-bond donors (Lipinski definition) is 4. The van der Waals surface area contributed by atoms with Gasteiger partial charge in [-0.15, -0.1) is 0 Å². The van der Waals surface area contributed by atoms with Crippen molar-refractivity contribution in [2.45, 2.75) is 69.5 Å². The summed E-state index contributed by atoms with van der Waals surface area (Å²) in [7, 11) is 4.02. The van der Waals surface area contributed by atoms with Crippen LogP contribution in [0.4, 0.5) is 0 Å². The van der Waals surface area contributed by atoms with Gasteiger partial charge in [0, 0.05) is 6.54 Å². The van der Waals surface area contributed by atoms with Crippen LogP contribution in [0.5, 0.6) is 5.75 Å². The molecule has 5 N–H and O–H groups in total. The lowest BCUT2D eigenvalue weighted by atomic mass is 9.92. The smallest absolute Gasteiger partial charge is 0.246 e. The number of fused-ring (bicyclic) bond motifs is 1. The maximum absolute atomic E-state index is 13.6. The number of piperazine rings is 1. The number of carbonyl (C=O) groups is 3. The number of amides is 3. The SMILES string of the molecule is CN(C)CCCC[C@@H]1NC(=O)[C@@H]2C[C@H](C(=O)NCCCCCCN)[C@H](c3ccc(O)cc3)N2C1=O. The molecule has 0 aromatic heterocycles. The average Bonchev–Trinajstić information content (AvgIpc) is 3.24. The second kappa shape index (κ2) is 12.9. The third-order valence-corrected chi connectivity index (χ3v) is 7.02. The molecule has 194 valence electrons. The fourth-order valence-corrected chi connectivity index (χ4v) is 5.16. The predicted molar refractivity (Wildman–Crippen MR) is 134 cm³/mol. The van der Waals surface area contributed by atoms with Gasteiger partial charge in [-0.3, -0.25) is 14.4 Å². The van der Waals surface area contributed by atoms with Crippen LogP contribution in [0.15, 0.2) is 24.3 Å². The van der Waals surface area contributed by atoms with Crippen LogP contribution in [0, 0.1) is 5.92 Å². The van der Waals surface area contributed by atoms with Gasteiger partial charge in [0.2, 0.25) is 17.7 Å². The summed E-state index contributed by atoms with van der Waals surface area (Å²) in [5, 5.41) is 15.7. The molecule has 0 aliphatic carbocycles. The molecule has 0 unspecified atom stereocenters. The fraction of sp³-hybridized carbons (Fsp3) is 0.654. The molecule has 0 radical (unpaired) electrons. The molecule has 9 nitrogen and oxygen atoms in total. The van der Waals surface area contributed by atoms with Gasteiger partial charge in [0.25, 0.3) is 0 Å². The molecule has 9 heteroatoms. The highest BCUT2D eigenvalue weighted by Gasteiger charge is 2.54. The molecule has 3 rings (SSSR count). The highest BCUT2D eigenvalue weighted by atomic mass is 16.3. The Balaban J connectivity index is 1.74. The van der Waals surface area contributed by atoms with Crippen LogP contribution in [0.1, 0.15) is 63.0 Å². The van der Waals surface area contributed by atoms with E-state index in [4.69, 9.17) is 5.73 Å². The number of nitrogens with one attached hydrogen (secondary N) is 2. The lowest BCUT2D eigenvalue weighted by molar-refractivity contribution is -0.149. The van der Waals surface area contributed by atoms with Crippen molar-refractivity contribution in [2.75, 3.05) is 33.7 Å². The van der Waals surface area contributed by atoms with Crippen LogP contribution >= 0.6 is 0 Å². The van der Waals surface area contributed by atoms with Gasteiger partial charge in [-0.2, -0.15) is 0 Å². The van der Waals surface area contributed by atoms with Crippen LogP contribution < -0.4 is 16.4 Å². The van der Waals surface area contributed by atoms with E-state index in [0.717, 1.165) is 50.6 Å². The summed E-state index contributed by atoms with van der Waals surface area (Å²) in [6.07, 6.45) is 6.49. The first-order chi connectivity index (χ1) is 16.8.